The van der Waals surface area contributed by atoms with E-state index in [2.05, 4.69) is 10.1 Å². The first kappa shape index (κ1) is 18.7. The lowest BCUT2D eigenvalue weighted by Crippen LogP contribution is -2.29. The molecule has 1 N–H and O–H groups in total. The number of anilines is 1. The van der Waals surface area contributed by atoms with Crippen LogP contribution in [0.1, 0.15) is 17.3 Å². The second-order valence-electron chi connectivity index (χ2n) is 4.95. The Hall–Kier alpha value is -2.67. The van der Waals surface area contributed by atoms with E-state index >= 15 is 0 Å². The molecule has 0 aliphatic carbocycles. The molecule has 0 radical (unpaired) electrons. The van der Waals surface area contributed by atoms with Gasteiger partial charge in [-0.15, -0.1) is 0 Å². The SMILES string of the molecule is C[C@H](OC(=O)c1ccc(OC(F)F)cc1)C(=O)Nc1ccc(Cl)cc1. The molecule has 1 atom stereocenters. The number of benzene rings is 2. The quantitative estimate of drug-likeness (QED) is 0.778. The number of ether oxygens (including phenoxy) is 2. The van der Waals surface area contributed by atoms with E-state index in [4.69, 9.17) is 16.3 Å². The second-order valence-corrected chi connectivity index (χ2v) is 5.38. The smallest absolute Gasteiger partial charge is 0.387 e. The Morgan fingerprint density at radius 2 is 1.64 bits per heavy atom. The first-order chi connectivity index (χ1) is 11.8. The van der Waals surface area contributed by atoms with Gasteiger partial charge in [0, 0.05) is 10.7 Å². The summed E-state index contributed by atoms with van der Waals surface area (Å²) < 4.78 is 33.4. The highest BCUT2D eigenvalue weighted by Crippen LogP contribution is 2.17. The van der Waals surface area contributed by atoms with Gasteiger partial charge in [-0.25, -0.2) is 4.79 Å². The molecule has 0 saturated heterocycles. The molecule has 2 rings (SSSR count). The molecule has 1 amide bonds. The molecule has 132 valence electrons. The Bertz CT molecular complexity index is 735. The Morgan fingerprint density at radius 1 is 1.04 bits per heavy atom. The minimum atomic E-state index is -2.95. The minimum Gasteiger partial charge on any atom is -0.449 e. The number of halogens is 3. The summed E-state index contributed by atoms with van der Waals surface area (Å²) in [5.41, 5.74) is 0.610. The van der Waals surface area contributed by atoms with Crippen LogP contribution >= 0.6 is 11.6 Å². The van der Waals surface area contributed by atoms with E-state index in [1.807, 2.05) is 0 Å². The number of rotatable bonds is 6. The van der Waals surface area contributed by atoms with Crippen molar-refractivity contribution in [3.05, 3.63) is 59.1 Å². The molecule has 0 unspecified atom stereocenters. The fraction of sp³-hybridized carbons (Fsp3) is 0.176. The maximum Gasteiger partial charge on any atom is 0.387 e. The van der Waals surface area contributed by atoms with Crippen LogP contribution in [0.5, 0.6) is 5.75 Å². The molecule has 8 heteroatoms. The Morgan fingerprint density at radius 3 is 2.20 bits per heavy atom. The van der Waals surface area contributed by atoms with E-state index < -0.39 is 24.6 Å². The van der Waals surface area contributed by atoms with Gasteiger partial charge in [0.05, 0.1) is 5.56 Å². The number of carbonyl (C=O) groups is 2. The predicted octanol–water partition coefficient (Wildman–Crippen LogP) is 4.13. The summed E-state index contributed by atoms with van der Waals surface area (Å²) in [4.78, 5) is 24.0. The standard InChI is InChI=1S/C17H14ClF2NO4/c1-10(15(22)21-13-6-4-12(18)5-7-13)24-16(23)11-2-8-14(9-3-11)25-17(19)20/h2-10,17H,1H3,(H,21,22)/t10-/m0/s1. The number of hydrogen-bond donors (Lipinski definition) is 1. The van der Waals surface area contributed by atoms with Crippen molar-refractivity contribution in [3.8, 4) is 5.75 Å². The second kappa shape index (κ2) is 8.43. The predicted molar refractivity (Wildman–Crippen MR) is 88.0 cm³/mol. The van der Waals surface area contributed by atoms with Crippen LogP contribution in [-0.2, 0) is 9.53 Å². The van der Waals surface area contributed by atoms with Crippen LogP contribution in [0, 0.1) is 0 Å². The lowest BCUT2D eigenvalue weighted by molar-refractivity contribution is -0.123. The van der Waals surface area contributed by atoms with Gasteiger partial charge < -0.3 is 14.8 Å². The van der Waals surface area contributed by atoms with Crippen LogP contribution in [-0.4, -0.2) is 24.6 Å². The van der Waals surface area contributed by atoms with Gasteiger partial charge in [-0.3, -0.25) is 4.79 Å². The van der Waals surface area contributed by atoms with Gasteiger partial charge in [0.25, 0.3) is 5.91 Å². The highest BCUT2D eigenvalue weighted by Gasteiger charge is 2.19. The topological polar surface area (TPSA) is 64.6 Å². The van der Waals surface area contributed by atoms with Crippen molar-refractivity contribution < 1.29 is 27.8 Å². The molecular weight excluding hydrogens is 356 g/mol. The van der Waals surface area contributed by atoms with Crippen molar-refractivity contribution in [3.63, 3.8) is 0 Å². The van der Waals surface area contributed by atoms with Gasteiger partial charge in [0.2, 0.25) is 0 Å². The summed E-state index contributed by atoms with van der Waals surface area (Å²) in [6.07, 6.45) is -1.06. The molecule has 25 heavy (non-hydrogen) atoms. The van der Waals surface area contributed by atoms with Crippen molar-refractivity contribution >= 4 is 29.2 Å². The van der Waals surface area contributed by atoms with Gasteiger partial charge in [0.1, 0.15) is 5.75 Å². The number of esters is 1. The third-order valence-corrected chi connectivity index (χ3v) is 3.33. The Kier molecular flexibility index (Phi) is 6.30. The monoisotopic (exact) mass is 369 g/mol. The first-order valence-electron chi connectivity index (χ1n) is 7.17. The van der Waals surface area contributed by atoms with E-state index in [1.54, 1.807) is 24.3 Å². The lowest BCUT2D eigenvalue weighted by atomic mass is 10.2. The third-order valence-electron chi connectivity index (χ3n) is 3.08. The third kappa shape index (κ3) is 5.72. The average Bonchev–Trinajstić information content (AvgIpc) is 2.57. The largest absolute Gasteiger partial charge is 0.449 e. The van der Waals surface area contributed by atoms with Crippen molar-refractivity contribution in [1.82, 2.24) is 0 Å². The van der Waals surface area contributed by atoms with Crippen LogP contribution in [0.15, 0.2) is 48.5 Å². The summed E-state index contributed by atoms with van der Waals surface area (Å²) in [5.74, 6) is -1.37. The molecule has 0 bridgehead atoms. The molecule has 0 spiro atoms. The van der Waals surface area contributed by atoms with Crippen molar-refractivity contribution in [2.45, 2.75) is 19.6 Å². The first-order valence-corrected chi connectivity index (χ1v) is 7.55. The zero-order chi connectivity index (χ0) is 18.4. The molecular formula is C17H14ClF2NO4. The van der Waals surface area contributed by atoms with E-state index in [-0.39, 0.29) is 11.3 Å². The van der Waals surface area contributed by atoms with Gasteiger partial charge in [-0.1, -0.05) is 11.6 Å². The van der Waals surface area contributed by atoms with Crippen molar-refractivity contribution in [2.24, 2.45) is 0 Å². The lowest BCUT2D eigenvalue weighted by Gasteiger charge is -2.14. The fourth-order valence-electron chi connectivity index (χ4n) is 1.83. The zero-order valence-electron chi connectivity index (χ0n) is 13.0. The van der Waals surface area contributed by atoms with Gasteiger partial charge in [-0.05, 0) is 55.5 Å². The number of nitrogens with one attached hydrogen (secondary N) is 1. The Labute approximate surface area is 147 Å². The molecule has 0 aliphatic heterocycles. The van der Waals surface area contributed by atoms with E-state index in [9.17, 15) is 18.4 Å². The summed E-state index contributed by atoms with van der Waals surface area (Å²) >= 11 is 5.75. The molecule has 0 aliphatic rings. The number of alkyl halides is 2. The summed E-state index contributed by atoms with van der Waals surface area (Å²) in [7, 11) is 0. The summed E-state index contributed by atoms with van der Waals surface area (Å²) in [6.45, 7) is -1.54. The molecule has 0 fully saturated rings. The zero-order valence-corrected chi connectivity index (χ0v) is 13.8. The van der Waals surface area contributed by atoms with Crippen LogP contribution < -0.4 is 10.1 Å². The summed E-state index contributed by atoms with van der Waals surface area (Å²) in [6, 6.07) is 11.4. The fourth-order valence-corrected chi connectivity index (χ4v) is 1.96. The molecule has 0 aromatic heterocycles. The van der Waals surface area contributed by atoms with Crippen LogP contribution in [0.2, 0.25) is 5.02 Å². The van der Waals surface area contributed by atoms with Gasteiger partial charge in [-0.2, -0.15) is 8.78 Å². The summed E-state index contributed by atoms with van der Waals surface area (Å²) in [5, 5.41) is 3.10. The maximum atomic E-state index is 12.1. The van der Waals surface area contributed by atoms with E-state index in [0.29, 0.717) is 10.7 Å². The van der Waals surface area contributed by atoms with Crippen molar-refractivity contribution in [1.29, 1.82) is 0 Å². The van der Waals surface area contributed by atoms with E-state index in [0.717, 1.165) is 0 Å². The van der Waals surface area contributed by atoms with Crippen LogP contribution in [0.4, 0.5) is 14.5 Å². The maximum absolute atomic E-state index is 12.1. The van der Waals surface area contributed by atoms with Crippen molar-refractivity contribution in [2.75, 3.05) is 5.32 Å². The molecule has 2 aromatic carbocycles. The number of carbonyl (C=O) groups excluding carboxylic acids is 2. The highest BCUT2D eigenvalue weighted by molar-refractivity contribution is 6.30. The Balaban J connectivity index is 1.92. The molecule has 0 saturated carbocycles. The molecule has 5 nitrogen and oxygen atoms in total. The normalized spacial score (nSPS) is 11.7. The highest BCUT2D eigenvalue weighted by atomic mass is 35.5. The minimum absolute atomic E-state index is 0.0833. The molecule has 0 heterocycles. The number of amides is 1. The molecule has 2 aromatic rings. The van der Waals surface area contributed by atoms with Gasteiger partial charge in [0.15, 0.2) is 6.10 Å². The van der Waals surface area contributed by atoms with Crippen LogP contribution in [0.25, 0.3) is 0 Å². The average molecular weight is 370 g/mol. The van der Waals surface area contributed by atoms with E-state index in [1.165, 1.54) is 31.2 Å². The number of hydrogen-bond acceptors (Lipinski definition) is 4. The van der Waals surface area contributed by atoms with Gasteiger partial charge >= 0.3 is 12.6 Å². The van der Waals surface area contributed by atoms with Crippen LogP contribution in [0.3, 0.4) is 0 Å².